The van der Waals surface area contributed by atoms with Crippen molar-refractivity contribution < 1.29 is 14.4 Å². The number of carbonyl (C=O) groups excluding carboxylic acids is 3. The standard InChI is InChI=1S/C25H33N5O3/c1-4-12-30-23(32)21-20(22(31)26-14-18-9-7-8-17(2)13-18)27-16-29(21)15-25(30,3)24(33)28-19-10-5-6-11-19/h7-9,13,16,19H,4-6,10-12,14-15H2,1-3H3,(H,26,31)(H,28,33)/t25-/m0/s1. The lowest BCUT2D eigenvalue weighted by atomic mass is 9.93. The summed E-state index contributed by atoms with van der Waals surface area (Å²) < 4.78 is 1.66. The minimum Gasteiger partial charge on any atom is -0.351 e. The molecule has 3 amide bonds. The molecule has 1 atom stereocenters. The van der Waals surface area contributed by atoms with Crippen molar-refractivity contribution in [2.24, 2.45) is 0 Å². The van der Waals surface area contributed by atoms with Crippen LogP contribution in [0, 0.1) is 6.92 Å². The number of imidazole rings is 1. The largest absolute Gasteiger partial charge is 0.351 e. The van der Waals surface area contributed by atoms with Crippen LogP contribution in [0.4, 0.5) is 0 Å². The summed E-state index contributed by atoms with van der Waals surface area (Å²) in [5.74, 6) is -0.861. The Morgan fingerprint density at radius 3 is 2.70 bits per heavy atom. The van der Waals surface area contributed by atoms with Crippen LogP contribution in [0.2, 0.25) is 0 Å². The van der Waals surface area contributed by atoms with Crippen LogP contribution in [-0.4, -0.2) is 50.3 Å². The highest BCUT2D eigenvalue weighted by Gasteiger charge is 2.48. The lowest BCUT2D eigenvalue weighted by Gasteiger charge is -2.44. The lowest BCUT2D eigenvalue weighted by molar-refractivity contribution is -0.133. The van der Waals surface area contributed by atoms with Crippen LogP contribution >= 0.6 is 0 Å². The summed E-state index contributed by atoms with van der Waals surface area (Å²) in [5, 5.41) is 6.03. The van der Waals surface area contributed by atoms with Gasteiger partial charge in [-0.1, -0.05) is 49.6 Å². The van der Waals surface area contributed by atoms with Crippen molar-refractivity contribution in [1.29, 1.82) is 0 Å². The molecule has 4 rings (SSSR count). The third-order valence-corrected chi connectivity index (χ3v) is 6.74. The van der Waals surface area contributed by atoms with Gasteiger partial charge in [0.2, 0.25) is 5.91 Å². The van der Waals surface area contributed by atoms with Crippen LogP contribution in [-0.2, 0) is 17.9 Å². The van der Waals surface area contributed by atoms with Gasteiger partial charge in [-0.2, -0.15) is 0 Å². The number of fused-ring (bicyclic) bond motifs is 1. The van der Waals surface area contributed by atoms with Crippen molar-refractivity contribution in [2.45, 2.75) is 77.5 Å². The molecule has 1 aliphatic carbocycles. The van der Waals surface area contributed by atoms with Gasteiger partial charge in [0, 0.05) is 19.1 Å². The van der Waals surface area contributed by atoms with Gasteiger partial charge in [-0.15, -0.1) is 0 Å². The van der Waals surface area contributed by atoms with E-state index in [1.54, 1.807) is 9.47 Å². The quantitative estimate of drug-likeness (QED) is 0.677. The third-order valence-electron chi connectivity index (χ3n) is 6.74. The number of carbonyl (C=O) groups is 3. The van der Waals surface area contributed by atoms with E-state index in [4.69, 9.17) is 0 Å². The molecule has 2 N–H and O–H groups in total. The normalized spacial score (nSPS) is 20.6. The fourth-order valence-corrected chi connectivity index (χ4v) is 4.93. The topological polar surface area (TPSA) is 96.3 Å². The lowest BCUT2D eigenvalue weighted by Crippen LogP contribution is -2.65. The average molecular weight is 452 g/mol. The second-order valence-corrected chi connectivity index (χ2v) is 9.43. The minimum atomic E-state index is -1.03. The maximum Gasteiger partial charge on any atom is 0.273 e. The second-order valence-electron chi connectivity index (χ2n) is 9.43. The molecule has 1 aromatic carbocycles. The Labute approximate surface area is 194 Å². The molecular weight excluding hydrogens is 418 g/mol. The van der Waals surface area contributed by atoms with E-state index >= 15 is 0 Å². The highest BCUT2D eigenvalue weighted by Crippen LogP contribution is 2.30. The summed E-state index contributed by atoms with van der Waals surface area (Å²) in [6.45, 7) is 6.84. The molecule has 2 aliphatic rings. The Balaban J connectivity index is 1.56. The first-order valence-corrected chi connectivity index (χ1v) is 11.8. The molecule has 0 unspecified atom stereocenters. The van der Waals surface area contributed by atoms with E-state index in [1.807, 2.05) is 45.0 Å². The Hall–Kier alpha value is -3.16. The molecule has 1 saturated carbocycles. The average Bonchev–Trinajstić information content (AvgIpc) is 3.45. The molecule has 0 bridgehead atoms. The molecular formula is C25H33N5O3. The zero-order chi connectivity index (χ0) is 23.6. The van der Waals surface area contributed by atoms with E-state index in [-0.39, 0.29) is 35.8 Å². The number of hydrogen-bond acceptors (Lipinski definition) is 4. The molecule has 1 aliphatic heterocycles. The molecule has 0 spiro atoms. The van der Waals surface area contributed by atoms with Crippen molar-refractivity contribution in [3.05, 3.63) is 53.1 Å². The van der Waals surface area contributed by atoms with Crippen LogP contribution in [0.3, 0.4) is 0 Å². The maximum absolute atomic E-state index is 13.6. The van der Waals surface area contributed by atoms with Gasteiger partial charge in [-0.25, -0.2) is 4.98 Å². The fraction of sp³-hybridized carbons (Fsp3) is 0.520. The minimum absolute atomic E-state index is 0.104. The van der Waals surface area contributed by atoms with Gasteiger partial charge in [0.1, 0.15) is 11.2 Å². The van der Waals surface area contributed by atoms with Crippen LogP contribution in [0.5, 0.6) is 0 Å². The summed E-state index contributed by atoms with van der Waals surface area (Å²) >= 11 is 0. The number of amides is 3. The molecule has 2 aromatic rings. The molecule has 176 valence electrons. The first-order chi connectivity index (χ1) is 15.8. The first-order valence-electron chi connectivity index (χ1n) is 11.8. The van der Waals surface area contributed by atoms with Gasteiger partial charge in [0.25, 0.3) is 11.8 Å². The molecule has 0 saturated heterocycles. The Morgan fingerprint density at radius 2 is 2.00 bits per heavy atom. The van der Waals surface area contributed by atoms with Crippen LogP contribution in [0.15, 0.2) is 30.6 Å². The molecule has 1 aromatic heterocycles. The zero-order valence-corrected chi connectivity index (χ0v) is 19.7. The molecule has 0 radical (unpaired) electrons. The summed E-state index contributed by atoms with van der Waals surface area (Å²) in [5.41, 5.74) is 1.41. The van der Waals surface area contributed by atoms with Gasteiger partial charge >= 0.3 is 0 Å². The smallest absolute Gasteiger partial charge is 0.273 e. The number of aromatic nitrogens is 2. The van der Waals surface area contributed by atoms with Crippen molar-refractivity contribution in [3.8, 4) is 0 Å². The SMILES string of the molecule is CCCN1C(=O)c2c(C(=O)NCc3cccc(C)c3)ncn2C[C@@]1(C)C(=O)NC1CCCC1. The van der Waals surface area contributed by atoms with Gasteiger partial charge in [0.05, 0.1) is 12.9 Å². The highest BCUT2D eigenvalue weighted by atomic mass is 16.2. The number of benzene rings is 1. The summed E-state index contributed by atoms with van der Waals surface area (Å²) in [7, 11) is 0. The van der Waals surface area contributed by atoms with E-state index in [0.29, 0.717) is 19.5 Å². The van der Waals surface area contributed by atoms with Gasteiger partial charge in [0.15, 0.2) is 5.69 Å². The van der Waals surface area contributed by atoms with E-state index < -0.39 is 11.4 Å². The van der Waals surface area contributed by atoms with Crippen LogP contribution < -0.4 is 10.6 Å². The van der Waals surface area contributed by atoms with Gasteiger partial charge in [-0.05, 0) is 38.7 Å². The number of rotatable bonds is 7. The van der Waals surface area contributed by atoms with E-state index in [0.717, 1.165) is 36.8 Å². The van der Waals surface area contributed by atoms with Crippen LogP contribution in [0.1, 0.15) is 78.1 Å². The Kier molecular flexibility index (Phi) is 6.54. The number of nitrogens with zero attached hydrogens (tertiary/aromatic N) is 3. The molecule has 1 fully saturated rings. The van der Waals surface area contributed by atoms with E-state index in [9.17, 15) is 14.4 Å². The van der Waals surface area contributed by atoms with Crippen molar-refractivity contribution in [3.63, 3.8) is 0 Å². The van der Waals surface area contributed by atoms with E-state index in [2.05, 4.69) is 15.6 Å². The van der Waals surface area contributed by atoms with Gasteiger partial charge < -0.3 is 20.1 Å². The van der Waals surface area contributed by atoms with Crippen molar-refractivity contribution >= 4 is 17.7 Å². The fourth-order valence-electron chi connectivity index (χ4n) is 4.93. The number of hydrogen-bond donors (Lipinski definition) is 2. The zero-order valence-electron chi connectivity index (χ0n) is 19.7. The van der Waals surface area contributed by atoms with Crippen molar-refractivity contribution in [1.82, 2.24) is 25.1 Å². The molecule has 8 nitrogen and oxygen atoms in total. The first kappa shape index (κ1) is 23.0. The van der Waals surface area contributed by atoms with Crippen LogP contribution in [0.25, 0.3) is 0 Å². The third kappa shape index (κ3) is 4.51. The maximum atomic E-state index is 13.6. The predicted molar refractivity (Wildman–Crippen MR) is 125 cm³/mol. The summed E-state index contributed by atoms with van der Waals surface area (Å²) in [6.07, 6.45) is 6.40. The Bertz CT molecular complexity index is 1060. The highest BCUT2D eigenvalue weighted by molar-refractivity contribution is 6.07. The number of aryl methyl sites for hydroxylation is 1. The predicted octanol–water partition coefficient (Wildman–Crippen LogP) is 2.80. The molecule has 2 heterocycles. The number of nitrogens with one attached hydrogen (secondary N) is 2. The van der Waals surface area contributed by atoms with Gasteiger partial charge in [-0.3, -0.25) is 14.4 Å². The Morgan fingerprint density at radius 1 is 1.24 bits per heavy atom. The van der Waals surface area contributed by atoms with Crippen molar-refractivity contribution in [2.75, 3.05) is 6.54 Å². The summed E-state index contributed by atoms with van der Waals surface area (Å²) in [6, 6.07) is 8.06. The molecule has 33 heavy (non-hydrogen) atoms. The van der Waals surface area contributed by atoms with E-state index in [1.165, 1.54) is 6.33 Å². The monoisotopic (exact) mass is 451 g/mol. The second kappa shape index (κ2) is 9.37. The molecule has 8 heteroatoms. The summed E-state index contributed by atoms with van der Waals surface area (Å²) in [4.78, 5) is 45.7.